The molecule has 2 aromatic carbocycles. The number of amides is 2. The fraction of sp³-hybridized carbons (Fsp3) is 0.355. The Kier molecular flexibility index (Phi) is 10.5. The van der Waals surface area contributed by atoms with Gasteiger partial charge in [0.25, 0.3) is 12.4 Å². The monoisotopic (exact) mass is 639 g/mol. The van der Waals surface area contributed by atoms with Gasteiger partial charge in [0.2, 0.25) is 5.91 Å². The van der Waals surface area contributed by atoms with Gasteiger partial charge in [-0.25, -0.2) is 18.0 Å². The second-order valence-electron chi connectivity index (χ2n) is 11.1. The molecule has 0 aliphatic carbocycles. The van der Waals surface area contributed by atoms with Crippen LogP contribution >= 0.6 is 0 Å². The first-order valence-electron chi connectivity index (χ1n) is 13.6. The molecule has 1 aliphatic rings. The van der Waals surface area contributed by atoms with Gasteiger partial charge in [0.05, 0.1) is 23.5 Å². The first kappa shape index (κ1) is 34.9. The van der Waals surface area contributed by atoms with Crippen LogP contribution in [0.4, 0.5) is 36.8 Å². The van der Waals surface area contributed by atoms with Crippen molar-refractivity contribution < 1.29 is 50.6 Å². The molecule has 3 aromatic rings. The number of aromatic nitrogens is 1. The quantitative estimate of drug-likeness (QED) is 0.228. The van der Waals surface area contributed by atoms with Gasteiger partial charge in [-0.2, -0.15) is 13.2 Å². The zero-order chi connectivity index (χ0) is 33.7. The highest BCUT2D eigenvalue weighted by Crippen LogP contribution is 2.44. The van der Waals surface area contributed by atoms with E-state index in [-0.39, 0.29) is 36.4 Å². The Morgan fingerprint density at radius 3 is 2.27 bits per heavy atom. The number of halogens is 6. The fourth-order valence-corrected chi connectivity index (χ4v) is 4.57. The molecule has 1 unspecified atom stereocenters. The summed E-state index contributed by atoms with van der Waals surface area (Å²) in [7, 11) is 0. The largest absolute Gasteiger partial charge is 0.483 e. The van der Waals surface area contributed by atoms with Crippen molar-refractivity contribution in [1.29, 1.82) is 0 Å². The van der Waals surface area contributed by atoms with Crippen molar-refractivity contribution in [3.8, 4) is 11.3 Å². The lowest BCUT2D eigenvalue weighted by atomic mass is 9.98. The highest BCUT2D eigenvalue weighted by molar-refractivity contribution is 6.00. The molecule has 1 atom stereocenters. The summed E-state index contributed by atoms with van der Waals surface area (Å²) in [6.45, 7) is 5.92. The van der Waals surface area contributed by atoms with E-state index in [1.807, 2.05) is 0 Å². The number of ether oxygens (including phenoxy) is 1. The molecule has 2 amide bonds. The Morgan fingerprint density at radius 1 is 1.13 bits per heavy atom. The summed E-state index contributed by atoms with van der Waals surface area (Å²) in [5.41, 5.74) is -1.36. The van der Waals surface area contributed by atoms with Gasteiger partial charge in [0, 0.05) is 23.7 Å². The first-order valence-corrected chi connectivity index (χ1v) is 13.6. The average Bonchev–Trinajstić information content (AvgIpc) is 3.00. The predicted octanol–water partition coefficient (Wildman–Crippen LogP) is 7.09. The van der Waals surface area contributed by atoms with Gasteiger partial charge in [0.1, 0.15) is 17.5 Å². The molecule has 2 heterocycles. The van der Waals surface area contributed by atoms with Gasteiger partial charge in [-0.05, 0) is 62.6 Å². The van der Waals surface area contributed by atoms with Gasteiger partial charge in [-0.3, -0.25) is 14.6 Å². The molecule has 0 saturated heterocycles. The molecular weight excluding hydrogens is 608 g/mol. The number of pyridine rings is 1. The number of hydrogen-bond donors (Lipinski definition) is 2. The maximum absolute atomic E-state index is 15.5. The Bertz CT molecular complexity index is 1520. The molecule has 0 saturated carbocycles. The van der Waals surface area contributed by atoms with Crippen molar-refractivity contribution in [2.75, 3.05) is 4.90 Å². The van der Waals surface area contributed by atoms with Crippen LogP contribution in [0.1, 0.15) is 56.4 Å². The lowest BCUT2D eigenvalue weighted by Gasteiger charge is -2.27. The van der Waals surface area contributed by atoms with E-state index in [0.717, 1.165) is 23.2 Å². The van der Waals surface area contributed by atoms with Crippen LogP contribution in [0.3, 0.4) is 0 Å². The van der Waals surface area contributed by atoms with Crippen LogP contribution in [0.15, 0.2) is 54.7 Å². The number of alkyl carbamates (subject to hydrolysis) is 1. The standard InChI is InChI=1S/C30H29F6N3O3.CH2O2/c1-5-18-12-25-21(13-22(18)31)29(32,33)14-24(38-27(41)42-28(2,3)4)26(40)39(25)16-17-6-8-19(9-7-17)23-11-10-20(15-37-23)30(34,35)36;2-1-3/h6-13,15,24H,5,14,16H2,1-4H3,(H,38,41);1H,(H,2,3). The number of carboxylic acid groups (broad SMARTS) is 1. The van der Waals surface area contributed by atoms with Gasteiger partial charge in [-0.15, -0.1) is 0 Å². The predicted molar refractivity (Wildman–Crippen MR) is 152 cm³/mol. The maximum atomic E-state index is 15.5. The van der Waals surface area contributed by atoms with Gasteiger partial charge in [0.15, 0.2) is 0 Å². The van der Waals surface area contributed by atoms with E-state index in [1.54, 1.807) is 52.0 Å². The second-order valence-corrected chi connectivity index (χ2v) is 11.1. The minimum Gasteiger partial charge on any atom is -0.483 e. The van der Waals surface area contributed by atoms with Crippen molar-refractivity contribution in [3.63, 3.8) is 0 Å². The number of fused-ring (bicyclic) bond motifs is 1. The number of nitrogens with zero attached hydrogens (tertiary/aromatic N) is 2. The van der Waals surface area contributed by atoms with E-state index in [9.17, 15) is 27.2 Å². The third kappa shape index (κ3) is 8.73. The third-order valence-electron chi connectivity index (χ3n) is 6.63. The Morgan fingerprint density at radius 2 is 1.76 bits per heavy atom. The van der Waals surface area contributed by atoms with Crippen molar-refractivity contribution in [2.45, 2.75) is 70.8 Å². The Hall–Kier alpha value is -4.62. The van der Waals surface area contributed by atoms with Crippen LogP contribution in [-0.4, -0.2) is 40.2 Å². The summed E-state index contributed by atoms with van der Waals surface area (Å²) in [6.07, 6.45) is -5.80. The number of alkyl halides is 5. The molecular formula is C31H31F6N3O5. The van der Waals surface area contributed by atoms with Crippen molar-refractivity contribution >= 4 is 24.2 Å². The second kappa shape index (κ2) is 13.6. The average molecular weight is 640 g/mol. The van der Waals surface area contributed by atoms with E-state index in [0.29, 0.717) is 11.1 Å². The van der Waals surface area contributed by atoms with E-state index >= 15 is 8.78 Å². The summed E-state index contributed by atoms with van der Waals surface area (Å²) in [5, 5.41) is 9.13. The van der Waals surface area contributed by atoms with E-state index in [4.69, 9.17) is 14.6 Å². The highest BCUT2D eigenvalue weighted by atomic mass is 19.4. The van der Waals surface area contributed by atoms with Crippen LogP contribution in [0, 0.1) is 5.82 Å². The summed E-state index contributed by atoms with van der Waals surface area (Å²) >= 11 is 0. The lowest BCUT2D eigenvalue weighted by Crippen LogP contribution is -2.49. The number of carbonyl (C=O) groups excluding carboxylic acids is 2. The van der Waals surface area contributed by atoms with Crippen LogP contribution in [0.25, 0.3) is 11.3 Å². The van der Waals surface area contributed by atoms with Crippen LogP contribution < -0.4 is 10.2 Å². The normalized spacial score (nSPS) is 16.1. The number of hydrogen-bond acceptors (Lipinski definition) is 5. The van der Waals surface area contributed by atoms with Gasteiger partial charge < -0.3 is 20.1 Å². The molecule has 1 aliphatic heterocycles. The number of anilines is 1. The molecule has 0 radical (unpaired) electrons. The fourth-order valence-electron chi connectivity index (χ4n) is 4.57. The molecule has 4 rings (SSSR count). The van der Waals surface area contributed by atoms with E-state index < -0.39 is 59.1 Å². The molecule has 8 nitrogen and oxygen atoms in total. The summed E-state index contributed by atoms with van der Waals surface area (Å²) < 4.78 is 89.6. The van der Waals surface area contributed by atoms with E-state index in [1.165, 1.54) is 12.1 Å². The van der Waals surface area contributed by atoms with Crippen molar-refractivity contribution in [2.24, 2.45) is 0 Å². The summed E-state index contributed by atoms with van der Waals surface area (Å²) in [5.74, 6) is -5.36. The zero-order valence-electron chi connectivity index (χ0n) is 24.7. The number of aryl methyl sites for hydroxylation is 1. The molecule has 0 spiro atoms. The minimum absolute atomic E-state index is 0.129. The molecule has 0 bridgehead atoms. The van der Waals surface area contributed by atoms with Crippen molar-refractivity contribution in [1.82, 2.24) is 10.3 Å². The maximum Gasteiger partial charge on any atom is 0.417 e. The summed E-state index contributed by atoms with van der Waals surface area (Å²) in [4.78, 5) is 39.5. The number of nitrogens with one attached hydrogen (secondary N) is 1. The summed E-state index contributed by atoms with van der Waals surface area (Å²) in [6, 6.07) is 8.68. The van der Waals surface area contributed by atoms with Gasteiger partial charge in [-0.1, -0.05) is 31.2 Å². The number of benzene rings is 2. The Balaban J connectivity index is 0.00000177. The molecule has 0 fully saturated rings. The van der Waals surface area contributed by atoms with Gasteiger partial charge >= 0.3 is 12.3 Å². The highest BCUT2D eigenvalue weighted by Gasteiger charge is 2.46. The third-order valence-corrected chi connectivity index (χ3v) is 6.63. The number of rotatable bonds is 5. The zero-order valence-corrected chi connectivity index (χ0v) is 24.7. The molecule has 2 N–H and O–H groups in total. The SMILES string of the molecule is CCc1cc2c(cc1F)C(F)(F)CC(NC(=O)OC(C)(C)C)C(=O)N2Cc1ccc(-c2ccc(C(F)(F)F)cn2)cc1.O=CO. The van der Waals surface area contributed by atoms with Crippen LogP contribution in [-0.2, 0) is 39.4 Å². The topological polar surface area (TPSA) is 109 Å². The minimum atomic E-state index is -4.53. The van der Waals surface area contributed by atoms with Crippen LogP contribution in [0.5, 0.6) is 0 Å². The molecule has 45 heavy (non-hydrogen) atoms. The molecule has 1 aromatic heterocycles. The molecule has 242 valence electrons. The lowest BCUT2D eigenvalue weighted by molar-refractivity contribution is -0.137. The van der Waals surface area contributed by atoms with Crippen molar-refractivity contribution in [3.05, 3.63) is 82.8 Å². The Labute approximate surface area is 255 Å². The molecule has 14 heteroatoms. The number of carbonyl (C=O) groups is 3. The van der Waals surface area contributed by atoms with Crippen LogP contribution in [0.2, 0.25) is 0 Å². The van der Waals surface area contributed by atoms with E-state index in [2.05, 4.69) is 10.3 Å². The smallest absolute Gasteiger partial charge is 0.417 e. The first-order chi connectivity index (χ1) is 20.9.